The van der Waals surface area contributed by atoms with Gasteiger partial charge in [-0.3, -0.25) is 0 Å². The van der Waals surface area contributed by atoms with E-state index in [0.717, 1.165) is 30.6 Å². The third-order valence-corrected chi connectivity index (χ3v) is 3.55. The lowest BCUT2D eigenvalue weighted by Gasteiger charge is -2.32. The standard InChI is InChI=1S/C14H20FN/c1-3-16-8-4-5-12(10-16)13-7-6-11(2)9-14(13)15/h6-7,9,12H,3-5,8,10H2,1-2H3. The second-order valence-corrected chi connectivity index (χ2v) is 4.76. The van der Waals surface area contributed by atoms with Crippen molar-refractivity contribution < 1.29 is 4.39 Å². The largest absolute Gasteiger partial charge is 0.303 e. The fourth-order valence-corrected chi connectivity index (χ4v) is 2.56. The van der Waals surface area contributed by atoms with Gasteiger partial charge in [-0.15, -0.1) is 0 Å². The molecule has 1 atom stereocenters. The van der Waals surface area contributed by atoms with Gasteiger partial charge in [0.15, 0.2) is 0 Å². The molecule has 88 valence electrons. The molecular formula is C14H20FN. The van der Waals surface area contributed by atoms with Crippen LogP contribution in [0.15, 0.2) is 18.2 Å². The van der Waals surface area contributed by atoms with Crippen molar-refractivity contribution in [3.05, 3.63) is 35.1 Å². The summed E-state index contributed by atoms with van der Waals surface area (Å²) in [6.07, 6.45) is 2.31. The molecule has 0 aliphatic carbocycles. The summed E-state index contributed by atoms with van der Waals surface area (Å²) in [4.78, 5) is 2.41. The van der Waals surface area contributed by atoms with Crippen molar-refractivity contribution in [2.45, 2.75) is 32.6 Å². The van der Waals surface area contributed by atoms with E-state index in [1.165, 1.54) is 13.0 Å². The number of rotatable bonds is 2. The lowest BCUT2D eigenvalue weighted by Crippen LogP contribution is -2.34. The average Bonchev–Trinajstić information content (AvgIpc) is 2.29. The Labute approximate surface area is 97.3 Å². The maximum Gasteiger partial charge on any atom is 0.126 e. The highest BCUT2D eigenvalue weighted by atomic mass is 19.1. The van der Waals surface area contributed by atoms with Gasteiger partial charge in [-0.1, -0.05) is 19.1 Å². The van der Waals surface area contributed by atoms with Crippen LogP contribution in [0.1, 0.15) is 36.8 Å². The van der Waals surface area contributed by atoms with Crippen molar-refractivity contribution in [1.82, 2.24) is 4.90 Å². The molecule has 1 unspecified atom stereocenters. The van der Waals surface area contributed by atoms with Gasteiger partial charge in [-0.25, -0.2) is 4.39 Å². The van der Waals surface area contributed by atoms with E-state index in [9.17, 15) is 4.39 Å². The van der Waals surface area contributed by atoms with E-state index in [-0.39, 0.29) is 5.82 Å². The molecule has 2 rings (SSSR count). The molecule has 0 radical (unpaired) electrons. The van der Waals surface area contributed by atoms with Crippen molar-refractivity contribution in [3.63, 3.8) is 0 Å². The number of piperidine rings is 1. The summed E-state index contributed by atoms with van der Waals surface area (Å²) in [6.45, 7) is 7.36. The first-order valence-electron chi connectivity index (χ1n) is 6.19. The van der Waals surface area contributed by atoms with Crippen LogP contribution in [0.3, 0.4) is 0 Å². The van der Waals surface area contributed by atoms with Crippen LogP contribution in [-0.4, -0.2) is 24.5 Å². The third kappa shape index (κ3) is 2.43. The van der Waals surface area contributed by atoms with Gasteiger partial charge in [-0.2, -0.15) is 0 Å². The predicted molar refractivity (Wildman–Crippen MR) is 65.2 cm³/mol. The van der Waals surface area contributed by atoms with Crippen LogP contribution < -0.4 is 0 Å². The molecule has 2 heteroatoms. The first-order valence-corrected chi connectivity index (χ1v) is 6.19. The van der Waals surface area contributed by atoms with Gasteiger partial charge in [-0.05, 0) is 56.0 Å². The van der Waals surface area contributed by atoms with E-state index < -0.39 is 0 Å². The van der Waals surface area contributed by atoms with E-state index in [2.05, 4.69) is 11.8 Å². The number of likely N-dealkylation sites (tertiary alicyclic amines) is 1. The zero-order valence-electron chi connectivity index (χ0n) is 10.2. The number of aryl methyl sites for hydroxylation is 1. The van der Waals surface area contributed by atoms with Crippen LogP contribution in [0.4, 0.5) is 4.39 Å². The Balaban J connectivity index is 2.16. The molecule has 1 fully saturated rings. The highest BCUT2D eigenvalue weighted by molar-refractivity contribution is 5.27. The SMILES string of the molecule is CCN1CCCC(c2ccc(C)cc2F)C1. The molecule has 1 saturated heterocycles. The van der Waals surface area contributed by atoms with Crippen molar-refractivity contribution in [3.8, 4) is 0 Å². The number of hydrogen-bond acceptors (Lipinski definition) is 1. The summed E-state index contributed by atoms with van der Waals surface area (Å²) in [6, 6.07) is 5.64. The summed E-state index contributed by atoms with van der Waals surface area (Å²) in [5.41, 5.74) is 1.91. The van der Waals surface area contributed by atoms with E-state index in [1.54, 1.807) is 6.07 Å². The summed E-state index contributed by atoms with van der Waals surface area (Å²) in [5, 5.41) is 0. The zero-order chi connectivity index (χ0) is 11.5. The molecule has 16 heavy (non-hydrogen) atoms. The van der Waals surface area contributed by atoms with Crippen molar-refractivity contribution in [1.29, 1.82) is 0 Å². The van der Waals surface area contributed by atoms with Gasteiger partial charge in [0.25, 0.3) is 0 Å². The Morgan fingerprint density at radius 2 is 2.25 bits per heavy atom. The first kappa shape index (κ1) is 11.6. The van der Waals surface area contributed by atoms with E-state index in [0.29, 0.717) is 5.92 Å². The Bertz CT molecular complexity index is 362. The minimum Gasteiger partial charge on any atom is -0.303 e. The Kier molecular flexibility index (Phi) is 3.59. The predicted octanol–water partition coefficient (Wildman–Crippen LogP) is 3.33. The van der Waals surface area contributed by atoms with Gasteiger partial charge >= 0.3 is 0 Å². The zero-order valence-corrected chi connectivity index (χ0v) is 10.2. The number of nitrogens with zero attached hydrogens (tertiary/aromatic N) is 1. The maximum atomic E-state index is 13.8. The van der Waals surface area contributed by atoms with Crippen molar-refractivity contribution in [2.75, 3.05) is 19.6 Å². The quantitative estimate of drug-likeness (QED) is 0.740. The molecule has 0 saturated carbocycles. The molecule has 1 aliphatic heterocycles. The first-order chi connectivity index (χ1) is 7.70. The average molecular weight is 221 g/mol. The number of halogens is 1. The second-order valence-electron chi connectivity index (χ2n) is 4.76. The molecule has 0 bridgehead atoms. The fourth-order valence-electron chi connectivity index (χ4n) is 2.56. The smallest absolute Gasteiger partial charge is 0.126 e. The third-order valence-electron chi connectivity index (χ3n) is 3.55. The van der Waals surface area contributed by atoms with Crippen LogP contribution in [0, 0.1) is 12.7 Å². The molecule has 0 N–H and O–H groups in total. The lowest BCUT2D eigenvalue weighted by atomic mass is 9.90. The summed E-state index contributed by atoms with van der Waals surface area (Å²) >= 11 is 0. The summed E-state index contributed by atoms with van der Waals surface area (Å²) in [7, 11) is 0. The molecule has 1 aromatic carbocycles. The maximum absolute atomic E-state index is 13.8. The minimum absolute atomic E-state index is 0.0250. The second kappa shape index (κ2) is 4.96. The highest BCUT2D eigenvalue weighted by Crippen LogP contribution is 2.28. The molecule has 0 amide bonds. The normalized spacial score (nSPS) is 22.3. The van der Waals surface area contributed by atoms with Gasteiger partial charge in [0.2, 0.25) is 0 Å². The van der Waals surface area contributed by atoms with E-state index >= 15 is 0 Å². The monoisotopic (exact) mass is 221 g/mol. The number of benzene rings is 1. The molecule has 1 aliphatic rings. The van der Waals surface area contributed by atoms with Crippen LogP contribution in [0.5, 0.6) is 0 Å². The number of hydrogen-bond donors (Lipinski definition) is 0. The van der Waals surface area contributed by atoms with E-state index in [1.807, 2.05) is 19.1 Å². The topological polar surface area (TPSA) is 3.24 Å². The summed E-state index contributed by atoms with van der Waals surface area (Å²) < 4.78 is 13.8. The van der Waals surface area contributed by atoms with Crippen LogP contribution in [0.2, 0.25) is 0 Å². The minimum atomic E-state index is -0.0250. The van der Waals surface area contributed by atoms with E-state index in [4.69, 9.17) is 0 Å². The molecule has 1 aromatic rings. The Hall–Kier alpha value is -0.890. The highest BCUT2D eigenvalue weighted by Gasteiger charge is 2.22. The van der Waals surface area contributed by atoms with Crippen LogP contribution >= 0.6 is 0 Å². The van der Waals surface area contributed by atoms with Crippen molar-refractivity contribution >= 4 is 0 Å². The number of likely N-dealkylation sites (N-methyl/N-ethyl adjacent to an activating group) is 1. The molecule has 1 nitrogen and oxygen atoms in total. The van der Waals surface area contributed by atoms with Gasteiger partial charge in [0.05, 0.1) is 0 Å². The lowest BCUT2D eigenvalue weighted by molar-refractivity contribution is 0.216. The van der Waals surface area contributed by atoms with Gasteiger partial charge in [0.1, 0.15) is 5.82 Å². The van der Waals surface area contributed by atoms with Gasteiger partial charge in [0, 0.05) is 6.54 Å². The molecule has 1 heterocycles. The van der Waals surface area contributed by atoms with Crippen molar-refractivity contribution in [2.24, 2.45) is 0 Å². The fraction of sp³-hybridized carbons (Fsp3) is 0.571. The summed E-state index contributed by atoms with van der Waals surface area (Å²) in [5.74, 6) is 0.359. The van der Waals surface area contributed by atoms with Crippen LogP contribution in [0.25, 0.3) is 0 Å². The molecule has 0 aromatic heterocycles. The molecular weight excluding hydrogens is 201 g/mol. The molecule has 0 spiro atoms. The Morgan fingerprint density at radius 3 is 2.94 bits per heavy atom. The Morgan fingerprint density at radius 1 is 1.44 bits per heavy atom. The van der Waals surface area contributed by atoms with Crippen LogP contribution in [-0.2, 0) is 0 Å². The van der Waals surface area contributed by atoms with Gasteiger partial charge < -0.3 is 4.90 Å².